The number of hydrogen-bond donors (Lipinski definition) is 1. The molecule has 3 aromatic carbocycles. The third-order valence-electron chi connectivity index (χ3n) is 7.32. The van der Waals surface area contributed by atoms with E-state index in [0.29, 0.717) is 39.4 Å². The SMILES string of the molecule is COc1ccc(C(=O)NCc2nnc(SCC(=O)N3N=C(c4cccs4)C[C@H]3c3ccc(OC)cc3)n2-c2cccc(Cl)c2)cc1. The average Bonchev–Trinajstić information content (AvgIpc) is 3.86. The summed E-state index contributed by atoms with van der Waals surface area (Å²) < 4.78 is 12.3. The number of hydrazone groups is 1. The normalized spacial score (nSPS) is 14.2. The molecule has 0 fully saturated rings. The summed E-state index contributed by atoms with van der Waals surface area (Å²) in [6.45, 7) is 0.0962. The monoisotopic (exact) mass is 672 g/mol. The number of methoxy groups -OCH3 is 2. The molecule has 0 radical (unpaired) electrons. The Labute approximate surface area is 279 Å². The minimum atomic E-state index is -0.273. The van der Waals surface area contributed by atoms with Crippen LogP contribution in [0.15, 0.2) is 101 Å². The van der Waals surface area contributed by atoms with Crippen molar-refractivity contribution in [2.24, 2.45) is 5.10 Å². The first-order valence-corrected chi connectivity index (χ1v) is 16.5. The predicted molar refractivity (Wildman–Crippen MR) is 179 cm³/mol. The molecule has 5 aromatic rings. The van der Waals surface area contributed by atoms with Crippen LogP contribution in [0.5, 0.6) is 11.5 Å². The maximum Gasteiger partial charge on any atom is 0.253 e. The maximum absolute atomic E-state index is 13.8. The standard InChI is InChI=1S/C33H29ClN6O4S2/c1-43-25-12-8-21(9-13-25)28-18-27(29-7-4-16-45-29)38-40(28)31(41)20-46-33-37-36-30(39(33)24-6-3-5-23(34)17-24)19-35-32(42)22-10-14-26(44-2)15-11-22/h3-17,28H,18-20H2,1-2H3,(H,35,42)/t28-/m0/s1. The van der Waals surface area contributed by atoms with Crippen LogP contribution in [0.25, 0.3) is 5.69 Å². The number of ether oxygens (including phenoxy) is 2. The van der Waals surface area contributed by atoms with E-state index in [4.69, 9.17) is 26.2 Å². The highest BCUT2D eigenvalue weighted by Gasteiger charge is 2.33. The summed E-state index contributed by atoms with van der Waals surface area (Å²) in [6, 6.07) is 25.5. The van der Waals surface area contributed by atoms with E-state index in [-0.39, 0.29) is 30.2 Å². The molecule has 10 nitrogen and oxygen atoms in total. The first-order valence-electron chi connectivity index (χ1n) is 14.3. The van der Waals surface area contributed by atoms with Crippen molar-refractivity contribution >= 4 is 52.2 Å². The van der Waals surface area contributed by atoms with Gasteiger partial charge in [0, 0.05) is 17.0 Å². The Hall–Kier alpha value is -4.65. The molecule has 0 saturated heterocycles. The van der Waals surface area contributed by atoms with Crippen molar-refractivity contribution in [3.05, 3.63) is 117 Å². The van der Waals surface area contributed by atoms with Gasteiger partial charge in [-0.3, -0.25) is 14.2 Å². The number of rotatable bonds is 11. The highest BCUT2D eigenvalue weighted by molar-refractivity contribution is 7.99. The summed E-state index contributed by atoms with van der Waals surface area (Å²) >= 11 is 9.18. The van der Waals surface area contributed by atoms with E-state index in [9.17, 15) is 9.59 Å². The van der Waals surface area contributed by atoms with E-state index in [0.717, 1.165) is 21.9 Å². The molecule has 0 spiro atoms. The number of thiophene rings is 1. The van der Waals surface area contributed by atoms with Gasteiger partial charge in [-0.15, -0.1) is 21.5 Å². The van der Waals surface area contributed by atoms with E-state index in [1.807, 2.05) is 53.9 Å². The van der Waals surface area contributed by atoms with Gasteiger partial charge in [0.15, 0.2) is 11.0 Å². The van der Waals surface area contributed by atoms with Crippen LogP contribution >= 0.6 is 34.7 Å². The molecule has 13 heteroatoms. The number of carbonyl (C=O) groups is 2. The minimum Gasteiger partial charge on any atom is -0.497 e. The Kier molecular flexibility index (Phi) is 9.67. The molecule has 0 unspecified atom stereocenters. The second-order valence-corrected chi connectivity index (χ2v) is 12.5. The van der Waals surface area contributed by atoms with E-state index in [1.54, 1.807) is 71.5 Å². The largest absolute Gasteiger partial charge is 0.497 e. The van der Waals surface area contributed by atoms with Crippen LogP contribution in [0, 0.1) is 0 Å². The molecule has 234 valence electrons. The first kappa shape index (κ1) is 31.3. The number of halogens is 1. The van der Waals surface area contributed by atoms with Gasteiger partial charge >= 0.3 is 0 Å². The van der Waals surface area contributed by atoms with Gasteiger partial charge in [0.2, 0.25) is 0 Å². The first-order chi connectivity index (χ1) is 22.4. The number of nitrogens with one attached hydrogen (secondary N) is 1. The van der Waals surface area contributed by atoms with E-state index >= 15 is 0 Å². The van der Waals surface area contributed by atoms with Crippen LogP contribution in [0.2, 0.25) is 5.02 Å². The Morgan fingerprint density at radius 2 is 1.72 bits per heavy atom. The molecule has 0 saturated carbocycles. The lowest BCUT2D eigenvalue weighted by Crippen LogP contribution is -2.28. The highest BCUT2D eigenvalue weighted by Crippen LogP contribution is 2.35. The number of aromatic nitrogens is 3. The summed E-state index contributed by atoms with van der Waals surface area (Å²) in [6.07, 6.45) is 0.597. The van der Waals surface area contributed by atoms with Gasteiger partial charge in [0.25, 0.3) is 11.8 Å². The zero-order chi connectivity index (χ0) is 32.0. The van der Waals surface area contributed by atoms with Crippen molar-refractivity contribution in [3.63, 3.8) is 0 Å². The minimum absolute atomic E-state index is 0.0603. The molecule has 6 rings (SSSR count). The number of benzene rings is 3. The number of amides is 2. The molecule has 46 heavy (non-hydrogen) atoms. The van der Waals surface area contributed by atoms with Crippen molar-refractivity contribution in [1.29, 1.82) is 0 Å². The van der Waals surface area contributed by atoms with Crippen molar-refractivity contribution in [1.82, 2.24) is 25.1 Å². The van der Waals surface area contributed by atoms with Crippen molar-refractivity contribution in [2.45, 2.75) is 24.2 Å². The Morgan fingerprint density at radius 3 is 2.39 bits per heavy atom. The lowest BCUT2D eigenvalue weighted by molar-refractivity contribution is -0.130. The van der Waals surface area contributed by atoms with Gasteiger partial charge in [-0.25, -0.2) is 5.01 Å². The number of carbonyl (C=O) groups excluding carboxylic acids is 2. The smallest absolute Gasteiger partial charge is 0.253 e. The third-order valence-corrected chi connectivity index (χ3v) is 9.39. The molecule has 3 heterocycles. The molecule has 1 N–H and O–H groups in total. The Balaban J connectivity index is 1.22. The fourth-order valence-electron chi connectivity index (χ4n) is 5.00. The zero-order valence-electron chi connectivity index (χ0n) is 24.9. The second-order valence-electron chi connectivity index (χ2n) is 10.2. The number of thioether (sulfide) groups is 1. The summed E-state index contributed by atoms with van der Waals surface area (Å²) in [7, 11) is 3.19. The van der Waals surface area contributed by atoms with Crippen molar-refractivity contribution in [3.8, 4) is 17.2 Å². The summed E-state index contributed by atoms with van der Waals surface area (Å²) in [5, 5.41) is 21.0. The summed E-state index contributed by atoms with van der Waals surface area (Å²) in [5.41, 5.74) is 3.02. The van der Waals surface area contributed by atoms with Crippen LogP contribution in [0.3, 0.4) is 0 Å². The topological polar surface area (TPSA) is 111 Å². The van der Waals surface area contributed by atoms with Crippen molar-refractivity contribution in [2.75, 3.05) is 20.0 Å². The number of hydrogen-bond acceptors (Lipinski definition) is 9. The lowest BCUT2D eigenvalue weighted by atomic mass is 10.0. The zero-order valence-corrected chi connectivity index (χ0v) is 27.3. The van der Waals surface area contributed by atoms with Crippen LogP contribution in [-0.2, 0) is 11.3 Å². The van der Waals surface area contributed by atoms with Crippen LogP contribution < -0.4 is 14.8 Å². The highest BCUT2D eigenvalue weighted by atomic mass is 35.5. The Morgan fingerprint density at radius 1 is 0.978 bits per heavy atom. The Bertz CT molecular complexity index is 1860. The van der Waals surface area contributed by atoms with Gasteiger partial charge in [-0.2, -0.15) is 5.10 Å². The molecule has 1 atom stereocenters. The molecule has 1 aliphatic heterocycles. The molecular weight excluding hydrogens is 644 g/mol. The fraction of sp³-hybridized carbons (Fsp3) is 0.182. The van der Waals surface area contributed by atoms with Crippen LogP contribution in [0.1, 0.15) is 39.1 Å². The van der Waals surface area contributed by atoms with Gasteiger partial charge in [0.05, 0.1) is 48.8 Å². The van der Waals surface area contributed by atoms with E-state index in [2.05, 4.69) is 15.5 Å². The molecule has 1 aliphatic rings. The van der Waals surface area contributed by atoms with Gasteiger partial charge in [-0.05, 0) is 71.6 Å². The average molecular weight is 673 g/mol. The third kappa shape index (κ3) is 6.94. The van der Waals surface area contributed by atoms with E-state index in [1.165, 1.54) is 11.8 Å². The summed E-state index contributed by atoms with van der Waals surface area (Å²) in [5.74, 6) is 1.50. The molecule has 2 amide bonds. The van der Waals surface area contributed by atoms with Gasteiger partial charge < -0.3 is 14.8 Å². The van der Waals surface area contributed by atoms with Gasteiger partial charge in [-0.1, -0.05) is 47.6 Å². The molecule has 2 aromatic heterocycles. The van der Waals surface area contributed by atoms with Gasteiger partial charge in [0.1, 0.15) is 11.5 Å². The molecule has 0 bridgehead atoms. The fourth-order valence-corrected chi connectivity index (χ4v) is 6.73. The summed E-state index contributed by atoms with van der Waals surface area (Å²) in [4.78, 5) is 27.7. The molecular formula is C33H29ClN6O4S2. The maximum atomic E-state index is 13.8. The predicted octanol–water partition coefficient (Wildman–Crippen LogP) is 6.40. The van der Waals surface area contributed by atoms with Crippen LogP contribution in [-0.4, -0.2) is 57.3 Å². The quantitative estimate of drug-likeness (QED) is 0.162. The second kappa shape index (κ2) is 14.2. The van der Waals surface area contributed by atoms with Crippen LogP contribution in [0.4, 0.5) is 0 Å². The van der Waals surface area contributed by atoms with Crippen molar-refractivity contribution < 1.29 is 19.1 Å². The molecule has 0 aliphatic carbocycles. The number of nitrogens with zero attached hydrogens (tertiary/aromatic N) is 5. The lowest BCUT2D eigenvalue weighted by Gasteiger charge is -2.22. The van der Waals surface area contributed by atoms with E-state index < -0.39 is 0 Å².